The van der Waals surface area contributed by atoms with E-state index in [0.29, 0.717) is 11.9 Å². The summed E-state index contributed by atoms with van der Waals surface area (Å²) in [4.78, 5) is 18.1. The second-order valence-corrected chi connectivity index (χ2v) is 12.0. The molecule has 0 aliphatic heterocycles. The second-order valence-electron chi connectivity index (χ2n) is 7.43. The molecule has 0 spiro atoms. The van der Waals surface area contributed by atoms with Gasteiger partial charge in [-0.05, 0) is 48.5 Å². The zero-order valence-electron chi connectivity index (χ0n) is 19.5. The van der Waals surface area contributed by atoms with E-state index in [4.69, 9.17) is 10.7 Å². The first-order valence-corrected chi connectivity index (χ1v) is 14.4. The van der Waals surface area contributed by atoms with Crippen LogP contribution in [0.15, 0.2) is 141 Å². The molecule has 0 fully saturated rings. The Hall–Kier alpha value is -3.31. The molecule has 1 aromatic heterocycles. The summed E-state index contributed by atoms with van der Waals surface area (Å²) < 4.78 is 3.93. The van der Waals surface area contributed by atoms with Crippen LogP contribution < -0.4 is 13.2 Å². The van der Waals surface area contributed by atoms with Gasteiger partial charge in [-0.15, -0.1) is 0 Å². The van der Waals surface area contributed by atoms with Gasteiger partial charge in [-0.25, -0.2) is 7.42 Å². The molecule has 0 unspecified atom stereocenters. The lowest BCUT2D eigenvalue weighted by Gasteiger charge is -2.23. The molecule has 0 aliphatic carbocycles. The van der Waals surface area contributed by atoms with Crippen molar-refractivity contribution in [1.29, 1.82) is 0 Å². The number of benzene rings is 4. The molecule has 184 valence electrons. The van der Waals surface area contributed by atoms with Gasteiger partial charge in [0.15, 0.2) is 0 Å². The summed E-state index contributed by atoms with van der Waals surface area (Å²) in [5.74, 6) is 1.06. The molecule has 2 N–H and O–H groups in total. The van der Waals surface area contributed by atoms with Gasteiger partial charge in [0.2, 0.25) is 5.95 Å². The van der Waals surface area contributed by atoms with E-state index in [1.54, 1.807) is 0 Å². The number of hydrogen-bond acceptors (Lipinski definition) is 10. The summed E-state index contributed by atoms with van der Waals surface area (Å²) in [6, 6.07) is 40.5. The monoisotopic (exact) mass is 558 g/mol. The maximum Gasteiger partial charge on any atom is 0.253 e. The van der Waals surface area contributed by atoms with Crippen LogP contribution in [-0.2, 0) is 0 Å². The molecule has 5 rings (SSSR count). The van der Waals surface area contributed by atoms with Gasteiger partial charge in [0.1, 0.15) is 0 Å². The van der Waals surface area contributed by atoms with E-state index < -0.39 is 0 Å². The van der Waals surface area contributed by atoms with Crippen molar-refractivity contribution in [2.75, 3.05) is 13.2 Å². The van der Waals surface area contributed by atoms with Crippen molar-refractivity contribution in [3.8, 4) is 0 Å². The van der Waals surface area contributed by atoms with Crippen LogP contribution in [0.2, 0.25) is 0 Å². The lowest BCUT2D eigenvalue weighted by molar-refractivity contribution is 1.06. The molecule has 0 bridgehead atoms. The molecule has 0 aliphatic rings. The van der Waals surface area contributed by atoms with Gasteiger partial charge in [-0.3, -0.25) is 0 Å². The van der Waals surface area contributed by atoms with E-state index in [1.165, 1.54) is 47.8 Å². The van der Waals surface area contributed by atoms with Crippen LogP contribution in [0, 0.1) is 0 Å². The summed E-state index contributed by atoms with van der Waals surface area (Å²) in [6.07, 6.45) is 0. The van der Waals surface area contributed by atoms with Crippen LogP contribution in [0.4, 0.5) is 17.8 Å². The first-order chi connectivity index (χ1) is 18.2. The maximum atomic E-state index is 6.26. The van der Waals surface area contributed by atoms with E-state index in [0.717, 1.165) is 19.6 Å². The molecule has 1 heterocycles. The molecule has 10 heteroatoms. The molecule has 0 radical (unpaired) electrons. The first kappa shape index (κ1) is 25.3. The minimum Gasteiger partial charge on any atom is -0.368 e. The Morgan fingerprint density at radius 1 is 0.405 bits per heavy atom. The predicted octanol–water partition coefficient (Wildman–Crippen LogP) is 7.90. The number of anilines is 3. The topological polar surface area (TPSA) is 71.2 Å². The zero-order valence-corrected chi connectivity index (χ0v) is 22.8. The van der Waals surface area contributed by atoms with Gasteiger partial charge < -0.3 is 5.73 Å². The number of rotatable bonds is 10. The fourth-order valence-electron chi connectivity index (χ4n) is 3.04. The second kappa shape index (κ2) is 12.8. The van der Waals surface area contributed by atoms with Crippen molar-refractivity contribution < 1.29 is 0 Å². The highest BCUT2D eigenvalue weighted by Crippen LogP contribution is 2.41. The molecule has 5 aromatic rings. The number of aromatic nitrogens is 3. The minimum atomic E-state index is 0.152. The van der Waals surface area contributed by atoms with Gasteiger partial charge in [0.05, 0.1) is 0 Å². The Labute approximate surface area is 233 Å². The van der Waals surface area contributed by atoms with E-state index >= 15 is 0 Å². The number of nitrogens with zero attached hydrogens (tertiary/aromatic N) is 5. The lowest BCUT2D eigenvalue weighted by Crippen LogP contribution is -2.15. The lowest BCUT2D eigenvalue weighted by atomic mass is 10.4. The van der Waals surface area contributed by atoms with E-state index in [2.05, 4.69) is 58.5 Å². The molecule has 0 saturated heterocycles. The molecule has 6 nitrogen and oxygen atoms in total. The molecule has 0 saturated carbocycles. The van der Waals surface area contributed by atoms with Crippen LogP contribution in [0.1, 0.15) is 0 Å². The number of nitrogens with two attached hydrogens (primary N) is 1. The highest BCUT2D eigenvalue weighted by Gasteiger charge is 2.21. The average Bonchev–Trinajstić information content (AvgIpc) is 2.94. The molecule has 37 heavy (non-hydrogen) atoms. The molecular weight excluding hydrogens is 537 g/mol. The smallest absolute Gasteiger partial charge is 0.253 e. The average molecular weight is 559 g/mol. The Morgan fingerprint density at radius 2 is 0.676 bits per heavy atom. The normalized spacial score (nSPS) is 10.7. The van der Waals surface area contributed by atoms with Gasteiger partial charge in [0.25, 0.3) is 11.9 Å². The third-order valence-corrected chi connectivity index (χ3v) is 8.82. The van der Waals surface area contributed by atoms with Crippen molar-refractivity contribution in [1.82, 2.24) is 15.0 Å². The van der Waals surface area contributed by atoms with Crippen LogP contribution in [0.3, 0.4) is 0 Å². The summed E-state index contributed by atoms with van der Waals surface area (Å²) in [5, 5.41) is 0. The first-order valence-electron chi connectivity index (χ1n) is 11.3. The van der Waals surface area contributed by atoms with Crippen LogP contribution >= 0.6 is 47.8 Å². The van der Waals surface area contributed by atoms with E-state index in [1.807, 2.05) is 80.2 Å². The van der Waals surface area contributed by atoms with Crippen molar-refractivity contribution in [2.24, 2.45) is 0 Å². The van der Waals surface area contributed by atoms with E-state index in [-0.39, 0.29) is 5.95 Å². The SMILES string of the molecule is Nc1nc(N(Sc2ccccc2)Sc2ccccc2)nc(N(Sc2ccccc2)Sc2ccccc2)n1. The Balaban J connectivity index is 1.51. The Kier molecular flexibility index (Phi) is 8.75. The third-order valence-electron chi connectivity index (χ3n) is 4.68. The maximum absolute atomic E-state index is 6.26. The summed E-state index contributed by atoms with van der Waals surface area (Å²) in [7, 11) is 0. The van der Waals surface area contributed by atoms with Gasteiger partial charge in [-0.1, -0.05) is 72.8 Å². The predicted molar refractivity (Wildman–Crippen MR) is 158 cm³/mol. The number of hydrogen-bond donors (Lipinski definition) is 1. The summed E-state index contributed by atoms with van der Waals surface area (Å²) >= 11 is 6.12. The highest BCUT2D eigenvalue weighted by molar-refractivity contribution is 8.18. The molecule has 4 aromatic carbocycles. The fraction of sp³-hybridized carbons (Fsp3) is 0. The van der Waals surface area contributed by atoms with Crippen molar-refractivity contribution in [3.63, 3.8) is 0 Å². The molecular formula is C27H22N6S4. The summed E-state index contributed by atoms with van der Waals surface area (Å²) in [5.41, 5.74) is 6.26. The number of nitrogen functional groups attached to an aromatic ring is 1. The van der Waals surface area contributed by atoms with Crippen molar-refractivity contribution in [2.45, 2.75) is 19.6 Å². The third kappa shape index (κ3) is 7.36. The Bertz CT molecular complexity index is 1210. The Morgan fingerprint density at radius 3 is 0.946 bits per heavy atom. The van der Waals surface area contributed by atoms with Gasteiger partial charge >= 0.3 is 0 Å². The fourth-order valence-corrected chi connectivity index (χ4v) is 6.91. The van der Waals surface area contributed by atoms with Crippen molar-refractivity contribution >= 4 is 65.6 Å². The van der Waals surface area contributed by atoms with Gasteiger partial charge in [0, 0.05) is 67.4 Å². The zero-order chi connectivity index (χ0) is 25.3. The van der Waals surface area contributed by atoms with Crippen LogP contribution in [-0.4, -0.2) is 15.0 Å². The standard InChI is InChI=1S/C27H22N6S4/c28-25-29-26(32(34-21-13-5-1-6-14-21)35-22-15-7-2-8-16-22)31-27(30-25)33(36-23-17-9-3-10-18-23)37-24-19-11-4-12-20-24/h1-20H,(H2,28,29,30,31). The van der Waals surface area contributed by atoms with Crippen molar-refractivity contribution in [3.05, 3.63) is 121 Å². The molecule has 0 amide bonds. The highest BCUT2D eigenvalue weighted by atomic mass is 32.2. The van der Waals surface area contributed by atoms with E-state index in [9.17, 15) is 0 Å². The van der Waals surface area contributed by atoms with Gasteiger partial charge in [-0.2, -0.15) is 15.0 Å². The quantitative estimate of drug-likeness (QED) is 0.171. The largest absolute Gasteiger partial charge is 0.368 e. The van der Waals surface area contributed by atoms with Crippen LogP contribution in [0.5, 0.6) is 0 Å². The van der Waals surface area contributed by atoms with Crippen LogP contribution in [0.25, 0.3) is 0 Å². The molecule has 0 atom stereocenters. The summed E-state index contributed by atoms with van der Waals surface area (Å²) in [6.45, 7) is 0. The minimum absolute atomic E-state index is 0.152.